The van der Waals surface area contributed by atoms with Crippen LogP contribution in [0.25, 0.3) is 0 Å². The SMILES string of the molecule is O=C(Cl)c1cc(O)ccc1[N+](=O)[O-]. The highest BCUT2D eigenvalue weighted by Crippen LogP contribution is 2.24. The number of aromatic hydroxyl groups is 1. The lowest BCUT2D eigenvalue weighted by Gasteiger charge is -1.97. The van der Waals surface area contributed by atoms with Gasteiger partial charge in [0.25, 0.3) is 10.9 Å². The molecule has 1 aromatic rings. The number of rotatable bonds is 2. The fourth-order valence-electron chi connectivity index (χ4n) is 0.841. The van der Waals surface area contributed by atoms with Crippen molar-refractivity contribution >= 4 is 22.5 Å². The molecule has 0 radical (unpaired) electrons. The van der Waals surface area contributed by atoms with Crippen molar-refractivity contribution in [1.82, 2.24) is 0 Å². The fraction of sp³-hybridized carbons (Fsp3) is 0. The van der Waals surface area contributed by atoms with Crippen LogP contribution in [-0.4, -0.2) is 15.3 Å². The molecule has 0 amide bonds. The molecule has 0 saturated carbocycles. The van der Waals surface area contributed by atoms with E-state index in [1.807, 2.05) is 0 Å². The summed E-state index contributed by atoms with van der Waals surface area (Å²) in [7, 11) is 0. The molecule has 1 rings (SSSR count). The predicted molar refractivity (Wildman–Crippen MR) is 44.9 cm³/mol. The number of nitrogens with zero attached hydrogens (tertiary/aromatic N) is 1. The zero-order chi connectivity index (χ0) is 10.0. The van der Waals surface area contributed by atoms with Crippen molar-refractivity contribution in [3.63, 3.8) is 0 Å². The van der Waals surface area contributed by atoms with E-state index in [2.05, 4.69) is 0 Å². The monoisotopic (exact) mass is 201 g/mol. The molecule has 0 aliphatic carbocycles. The van der Waals surface area contributed by atoms with Crippen LogP contribution >= 0.6 is 11.6 Å². The maximum Gasteiger partial charge on any atom is 0.281 e. The summed E-state index contributed by atoms with van der Waals surface area (Å²) < 4.78 is 0. The fourth-order valence-corrected chi connectivity index (χ4v) is 0.992. The molecule has 0 atom stereocenters. The second-order valence-electron chi connectivity index (χ2n) is 2.23. The minimum absolute atomic E-state index is 0.241. The summed E-state index contributed by atoms with van der Waals surface area (Å²) in [6, 6.07) is 3.08. The summed E-state index contributed by atoms with van der Waals surface area (Å²) in [6.07, 6.45) is 0. The van der Waals surface area contributed by atoms with Crippen LogP contribution in [0.1, 0.15) is 10.4 Å². The highest BCUT2D eigenvalue weighted by molar-refractivity contribution is 6.68. The number of carbonyl (C=O) groups excluding carboxylic acids is 1. The van der Waals surface area contributed by atoms with E-state index in [0.29, 0.717) is 0 Å². The largest absolute Gasteiger partial charge is 0.508 e. The van der Waals surface area contributed by atoms with Gasteiger partial charge in [-0.25, -0.2) is 0 Å². The van der Waals surface area contributed by atoms with Crippen molar-refractivity contribution in [1.29, 1.82) is 0 Å². The average Bonchev–Trinajstić information content (AvgIpc) is 2.03. The van der Waals surface area contributed by atoms with E-state index in [0.717, 1.165) is 18.2 Å². The third-order valence-corrected chi connectivity index (χ3v) is 1.59. The van der Waals surface area contributed by atoms with Gasteiger partial charge in [0.1, 0.15) is 11.3 Å². The zero-order valence-corrected chi connectivity index (χ0v) is 6.99. The van der Waals surface area contributed by atoms with E-state index < -0.39 is 15.9 Å². The predicted octanol–water partition coefficient (Wildman–Crippen LogP) is 1.68. The Kier molecular flexibility index (Phi) is 2.48. The molecule has 0 bridgehead atoms. The van der Waals surface area contributed by atoms with Crippen LogP contribution in [0, 0.1) is 10.1 Å². The summed E-state index contributed by atoms with van der Waals surface area (Å²) >= 11 is 5.07. The average molecular weight is 202 g/mol. The summed E-state index contributed by atoms with van der Waals surface area (Å²) in [5, 5.41) is 18.3. The topological polar surface area (TPSA) is 80.4 Å². The van der Waals surface area contributed by atoms with Gasteiger partial charge in [-0.3, -0.25) is 14.9 Å². The Morgan fingerprint density at radius 3 is 2.62 bits per heavy atom. The van der Waals surface area contributed by atoms with Crippen molar-refractivity contribution in [3.8, 4) is 5.75 Å². The molecule has 1 aromatic carbocycles. The van der Waals surface area contributed by atoms with E-state index in [4.69, 9.17) is 16.7 Å². The molecule has 0 unspecified atom stereocenters. The second-order valence-corrected chi connectivity index (χ2v) is 2.58. The van der Waals surface area contributed by atoms with Gasteiger partial charge in [0.2, 0.25) is 0 Å². The Hall–Kier alpha value is -1.62. The molecule has 6 heteroatoms. The number of hydrogen-bond acceptors (Lipinski definition) is 4. The minimum atomic E-state index is -0.970. The standard InChI is InChI=1S/C7H4ClNO4/c8-7(11)5-3-4(10)1-2-6(5)9(12)13/h1-3,10H. The summed E-state index contributed by atoms with van der Waals surface area (Å²) in [6.45, 7) is 0. The summed E-state index contributed by atoms with van der Waals surface area (Å²) in [5.41, 5.74) is -0.732. The van der Waals surface area contributed by atoms with Crippen molar-refractivity contribution in [2.75, 3.05) is 0 Å². The van der Waals surface area contributed by atoms with E-state index in [1.165, 1.54) is 0 Å². The maximum atomic E-state index is 10.7. The lowest BCUT2D eigenvalue weighted by Crippen LogP contribution is -1.97. The minimum Gasteiger partial charge on any atom is -0.508 e. The molecule has 0 spiro atoms. The molecule has 1 N–H and O–H groups in total. The van der Waals surface area contributed by atoms with Crippen LogP contribution in [0.4, 0.5) is 5.69 Å². The Morgan fingerprint density at radius 2 is 2.15 bits per heavy atom. The van der Waals surface area contributed by atoms with E-state index >= 15 is 0 Å². The van der Waals surface area contributed by atoms with Crippen molar-refractivity contribution in [3.05, 3.63) is 33.9 Å². The van der Waals surface area contributed by atoms with Crippen molar-refractivity contribution in [2.45, 2.75) is 0 Å². The lowest BCUT2D eigenvalue weighted by atomic mass is 10.2. The number of carbonyl (C=O) groups is 1. The molecule has 13 heavy (non-hydrogen) atoms. The van der Waals surface area contributed by atoms with Crippen LogP contribution in [0.15, 0.2) is 18.2 Å². The third kappa shape index (κ3) is 1.94. The van der Waals surface area contributed by atoms with Crippen LogP contribution in [0.2, 0.25) is 0 Å². The van der Waals surface area contributed by atoms with Crippen molar-refractivity contribution < 1.29 is 14.8 Å². The quantitative estimate of drug-likeness (QED) is 0.448. The summed E-state index contributed by atoms with van der Waals surface area (Å²) in [4.78, 5) is 20.3. The van der Waals surface area contributed by atoms with Crippen molar-refractivity contribution in [2.24, 2.45) is 0 Å². The van der Waals surface area contributed by atoms with Gasteiger partial charge in [0.15, 0.2) is 0 Å². The number of hydrogen-bond donors (Lipinski definition) is 1. The molecule has 0 aromatic heterocycles. The zero-order valence-electron chi connectivity index (χ0n) is 6.23. The Balaban J connectivity index is 3.35. The molecule has 0 heterocycles. The van der Waals surface area contributed by atoms with Gasteiger partial charge in [0, 0.05) is 6.07 Å². The molecule has 0 aliphatic heterocycles. The molecular formula is C7H4ClNO4. The molecule has 68 valence electrons. The second kappa shape index (κ2) is 3.40. The molecule has 0 aliphatic rings. The van der Waals surface area contributed by atoms with Gasteiger partial charge < -0.3 is 5.11 Å². The number of phenols is 1. The molecule has 5 nitrogen and oxygen atoms in total. The van der Waals surface area contributed by atoms with Gasteiger partial charge in [-0.05, 0) is 23.7 Å². The van der Waals surface area contributed by atoms with E-state index in [-0.39, 0.29) is 11.3 Å². The molecule has 0 saturated heterocycles. The highest BCUT2D eigenvalue weighted by atomic mass is 35.5. The number of benzene rings is 1. The molecular weight excluding hydrogens is 198 g/mol. The first-order valence-corrected chi connectivity index (χ1v) is 3.57. The highest BCUT2D eigenvalue weighted by Gasteiger charge is 2.18. The van der Waals surface area contributed by atoms with Crippen LogP contribution in [-0.2, 0) is 0 Å². The van der Waals surface area contributed by atoms with Crippen LogP contribution < -0.4 is 0 Å². The first-order valence-electron chi connectivity index (χ1n) is 3.19. The lowest BCUT2D eigenvalue weighted by molar-refractivity contribution is -0.385. The first kappa shape index (κ1) is 9.47. The van der Waals surface area contributed by atoms with Gasteiger partial charge in [-0.15, -0.1) is 0 Å². The number of nitro benzene ring substituents is 1. The third-order valence-electron chi connectivity index (χ3n) is 1.39. The summed E-state index contributed by atoms with van der Waals surface area (Å²) in [5.74, 6) is -0.241. The van der Waals surface area contributed by atoms with E-state index in [1.54, 1.807) is 0 Å². The number of nitro groups is 1. The molecule has 0 fully saturated rings. The van der Waals surface area contributed by atoms with Gasteiger partial charge in [-0.1, -0.05) is 0 Å². The Morgan fingerprint density at radius 1 is 1.54 bits per heavy atom. The van der Waals surface area contributed by atoms with Crippen LogP contribution in [0.5, 0.6) is 5.75 Å². The van der Waals surface area contributed by atoms with E-state index in [9.17, 15) is 14.9 Å². The van der Waals surface area contributed by atoms with Crippen LogP contribution in [0.3, 0.4) is 0 Å². The normalized spacial score (nSPS) is 9.62. The Labute approximate surface area is 77.7 Å². The van der Waals surface area contributed by atoms with Gasteiger partial charge in [0.05, 0.1) is 4.92 Å². The van der Waals surface area contributed by atoms with Gasteiger partial charge in [-0.2, -0.15) is 0 Å². The maximum absolute atomic E-state index is 10.7. The van der Waals surface area contributed by atoms with Gasteiger partial charge >= 0.3 is 0 Å². The Bertz CT molecular complexity index is 377. The number of phenolic OH excluding ortho intramolecular Hbond substituents is 1. The number of halogens is 1. The first-order chi connectivity index (χ1) is 6.02. The smallest absolute Gasteiger partial charge is 0.281 e.